The second kappa shape index (κ2) is 6.24. The molecule has 1 aliphatic rings. The van der Waals surface area contributed by atoms with E-state index in [0.717, 1.165) is 5.92 Å². The molecule has 4 atom stereocenters. The van der Waals surface area contributed by atoms with E-state index >= 15 is 0 Å². The first-order valence-corrected chi connectivity index (χ1v) is 6.60. The number of hydrogen-bond donors (Lipinski definition) is 2. The lowest BCUT2D eigenvalue weighted by Gasteiger charge is -2.36. The highest BCUT2D eigenvalue weighted by Crippen LogP contribution is 2.29. The topological polar surface area (TPSA) is 41.1 Å². The molecule has 1 saturated carbocycles. The van der Waals surface area contributed by atoms with E-state index in [-0.39, 0.29) is 11.9 Å². The smallest absolute Gasteiger partial charge is 0.236 e. The van der Waals surface area contributed by atoms with Gasteiger partial charge in [-0.15, -0.1) is 0 Å². The summed E-state index contributed by atoms with van der Waals surface area (Å²) in [5, 5.41) is 6.33. The molecule has 0 aliphatic heterocycles. The van der Waals surface area contributed by atoms with Crippen LogP contribution in [0.1, 0.15) is 47.0 Å². The average Bonchev–Trinajstić information content (AvgIpc) is 2.25. The monoisotopic (exact) mass is 226 g/mol. The molecule has 4 unspecified atom stereocenters. The van der Waals surface area contributed by atoms with E-state index in [1.54, 1.807) is 0 Å². The molecule has 3 heteroatoms. The molecule has 0 aromatic heterocycles. The van der Waals surface area contributed by atoms with Gasteiger partial charge in [-0.1, -0.05) is 26.7 Å². The van der Waals surface area contributed by atoms with Gasteiger partial charge in [0, 0.05) is 12.6 Å². The van der Waals surface area contributed by atoms with Gasteiger partial charge in [-0.05, 0) is 32.1 Å². The van der Waals surface area contributed by atoms with Crippen LogP contribution in [0.25, 0.3) is 0 Å². The minimum absolute atomic E-state index is 0.0716. The molecular formula is C13H26N2O. The van der Waals surface area contributed by atoms with E-state index in [2.05, 4.69) is 24.5 Å². The number of nitrogens with one attached hydrogen (secondary N) is 2. The van der Waals surface area contributed by atoms with E-state index in [1.807, 2.05) is 13.8 Å². The van der Waals surface area contributed by atoms with Crippen LogP contribution in [0.5, 0.6) is 0 Å². The van der Waals surface area contributed by atoms with Crippen molar-refractivity contribution in [3.8, 4) is 0 Å². The van der Waals surface area contributed by atoms with Gasteiger partial charge in [0.05, 0.1) is 6.04 Å². The number of amides is 1. The summed E-state index contributed by atoms with van der Waals surface area (Å²) in [6, 6.07) is 0.430. The number of rotatable bonds is 4. The predicted octanol–water partition coefficient (Wildman–Crippen LogP) is 1.93. The lowest BCUT2D eigenvalue weighted by molar-refractivity contribution is -0.123. The normalized spacial score (nSPS) is 32.1. The molecule has 94 valence electrons. The van der Waals surface area contributed by atoms with Crippen LogP contribution >= 0.6 is 0 Å². The molecule has 0 aromatic rings. The Bertz CT molecular complexity index is 230. The van der Waals surface area contributed by atoms with E-state index in [0.29, 0.717) is 18.5 Å². The van der Waals surface area contributed by atoms with Crippen molar-refractivity contribution in [2.45, 2.75) is 59.0 Å². The Balaban J connectivity index is 2.43. The fourth-order valence-corrected chi connectivity index (χ4v) is 2.54. The molecule has 0 saturated heterocycles. The number of carbonyl (C=O) groups excluding carboxylic acids is 1. The Labute approximate surface area is 99.4 Å². The summed E-state index contributed by atoms with van der Waals surface area (Å²) in [6.07, 6.45) is 3.81. The van der Waals surface area contributed by atoms with Crippen molar-refractivity contribution < 1.29 is 4.79 Å². The first-order valence-electron chi connectivity index (χ1n) is 6.60. The highest BCUT2D eigenvalue weighted by Gasteiger charge is 2.28. The van der Waals surface area contributed by atoms with Crippen LogP contribution in [-0.4, -0.2) is 24.5 Å². The largest absolute Gasteiger partial charge is 0.355 e. The maximum Gasteiger partial charge on any atom is 0.236 e. The minimum atomic E-state index is -0.0716. The third-order valence-corrected chi connectivity index (χ3v) is 3.92. The zero-order valence-electron chi connectivity index (χ0n) is 11.0. The molecule has 0 heterocycles. The third-order valence-electron chi connectivity index (χ3n) is 3.92. The van der Waals surface area contributed by atoms with Crippen LogP contribution in [0, 0.1) is 11.8 Å². The average molecular weight is 226 g/mol. The molecule has 0 bridgehead atoms. The van der Waals surface area contributed by atoms with Crippen LogP contribution in [0.2, 0.25) is 0 Å². The molecule has 1 aliphatic carbocycles. The number of carbonyl (C=O) groups is 1. The number of likely N-dealkylation sites (N-methyl/N-ethyl adjacent to an activating group) is 1. The Hall–Kier alpha value is -0.570. The van der Waals surface area contributed by atoms with Gasteiger partial charge in [-0.2, -0.15) is 0 Å². The molecule has 1 rings (SSSR count). The molecule has 1 amide bonds. The van der Waals surface area contributed by atoms with Gasteiger partial charge in [0.25, 0.3) is 0 Å². The number of hydrogen-bond acceptors (Lipinski definition) is 2. The standard InChI is InChI=1S/C13H26N2O/c1-5-14-13(16)11(4)15-12-8-6-7-9(2)10(12)3/h9-12,15H,5-8H2,1-4H3,(H,14,16). The summed E-state index contributed by atoms with van der Waals surface area (Å²) < 4.78 is 0. The van der Waals surface area contributed by atoms with Gasteiger partial charge in [-0.25, -0.2) is 0 Å². The summed E-state index contributed by atoms with van der Waals surface area (Å²) >= 11 is 0. The van der Waals surface area contributed by atoms with Crippen molar-refractivity contribution in [1.29, 1.82) is 0 Å². The van der Waals surface area contributed by atoms with E-state index in [9.17, 15) is 4.79 Å². The Morgan fingerprint density at radius 1 is 1.38 bits per heavy atom. The first-order chi connectivity index (χ1) is 7.56. The highest BCUT2D eigenvalue weighted by atomic mass is 16.2. The lowest BCUT2D eigenvalue weighted by atomic mass is 9.78. The van der Waals surface area contributed by atoms with Crippen molar-refractivity contribution in [3.05, 3.63) is 0 Å². The molecule has 0 spiro atoms. The zero-order chi connectivity index (χ0) is 12.1. The fraction of sp³-hybridized carbons (Fsp3) is 0.923. The van der Waals surface area contributed by atoms with E-state index < -0.39 is 0 Å². The van der Waals surface area contributed by atoms with Gasteiger partial charge >= 0.3 is 0 Å². The summed E-state index contributed by atoms with van der Waals surface area (Å²) in [6.45, 7) is 9.23. The summed E-state index contributed by atoms with van der Waals surface area (Å²) in [5.74, 6) is 1.56. The zero-order valence-corrected chi connectivity index (χ0v) is 11.0. The van der Waals surface area contributed by atoms with Crippen LogP contribution < -0.4 is 10.6 Å². The van der Waals surface area contributed by atoms with Gasteiger partial charge in [0.15, 0.2) is 0 Å². The second-order valence-corrected chi connectivity index (χ2v) is 5.16. The lowest BCUT2D eigenvalue weighted by Crippen LogP contribution is -2.50. The molecule has 0 radical (unpaired) electrons. The van der Waals surface area contributed by atoms with Crippen molar-refractivity contribution in [3.63, 3.8) is 0 Å². The molecule has 1 fully saturated rings. The molecule has 2 N–H and O–H groups in total. The molecule has 3 nitrogen and oxygen atoms in total. The van der Waals surface area contributed by atoms with Gasteiger partial charge < -0.3 is 10.6 Å². The van der Waals surface area contributed by atoms with Gasteiger partial charge in [-0.3, -0.25) is 4.79 Å². The summed E-state index contributed by atoms with van der Waals surface area (Å²) in [5.41, 5.74) is 0. The summed E-state index contributed by atoms with van der Waals surface area (Å²) in [4.78, 5) is 11.6. The van der Waals surface area contributed by atoms with Crippen LogP contribution in [0.4, 0.5) is 0 Å². The first kappa shape index (κ1) is 13.5. The quantitative estimate of drug-likeness (QED) is 0.769. The van der Waals surface area contributed by atoms with Crippen molar-refractivity contribution >= 4 is 5.91 Å². The van der Waals surface area contributed by atoms with Crippen LogP contribution in [-0.2, 0) is 4.79 Å². The van der Waals surface area contributed by atoms with Crippen LogP contribution in [0.15, 0.2) is 0 Å². The summed E-state index contributed by atoms with van der Waals surface area (Å²) in [7, 11) is 0. The second-order valence-electron chi connectivity index (χ2n) is 5.16. The molecule has 0 aromatic carbocycles. The van der Waals surface area contributed by atoms with E-state index in [4.69, 9.17) is 0 Å². The SMILES string of the molecule is CCNC(=O)C(C)NC1CCCC(C)C1C. The third kappa shape index (κ3) is 3.48. The van der Waals surface area contributed by atoms with Gasteiger partial charge in [0.1, 0.15) is 0 Å². The van der Waals surface area contributed by atoms with Crippen molar-refractivity contribution in [1.82, 2.24) is 10.6 Å². The maximum absolute atomic E-state index is 11.6. The fourth-order valence-electron chi connectivity index (χ4n) is 2.54. The van der Waals surface area contributed by atoms with E-state index in [1.165, 1.54) is 19.3 Å². The van der Waals surface area contributed by atoms with Crippen LogP contribution in [0.3, 0.4) is 0 Å². The minimum Gasteiger partial charge on any atom is -0.355 e. The Morgan fingerprint density at radius 2 is 2.06 bits per heavy atom. The predicted molar refractivity (Wildman–Crippen MR) is 67.2 cm³/mol. The molecular weight excluding hydrogens is 200 g/mol. The maximum atomic E-state index is 11.6. The molecule has 16 heavy (non-hydrogen) atoms. The van der Waals surface area contributed by atoms with Gasteiger partial charge in [0.2, 0.25) is 5.91 Å². The van der Waals surface area contributed by atoms with Crippen molar-refractivity contribution in [2.24, 2.45) is 11.8 Å². The Morgan fingerprint density at radius 3 is 2.69 bits per heavy atom. The van der Waals surface area contributed by atoms with Crippen molar-refractivity contribution in [2.75, 3.05) is 6.54 Å². The highest BCUT2D eigenvalue weighted by molar-refractivity contribution is 5.81. The Kier molecular flexibility index (Phi) is 5.26.